The Bertz CT molecular complexity index is 459. The van der Waals surface area contributed by atoms with Crippen molar-refractivity contribution in [1.29, 1.82) is 0 Å². The highest BCUT2D eigenvalue weighted by molar-refractivity contribution is 9.10. The van der Waals surface area contributed by atoms with Gasteiger partial charge in [0, 0.05) is 35.7 Å². The zero-order valence-corrected chi connectivity index (χ0v) is 12.3. The highest BCUT2D eigenvalue weighted by atomic mass is 79.9. The quantitative estimate of drug-likeness (QED) is 0.932. The molecule has 1 unspecified atom stereocenters. The lowest BCUT2D eigenvalue weighted by Gasteiger charge is -2.22. The van der Waals surface area contributed by atoms with Gasteiger partial charge in [-0.3, -0.25) is 4.79 Å². The van der Waals surface area contributed by atoms with E-state index in [1.165, 1.54) is 0 Å². The number of hydrogen-bond donors (Lipinski definition) is 1. The van der Waals surface area contributed by atoms with Crippen LogP contribution in [0.4, 0.5) is 5.69 Å². The molecule has 1 aliphatic heterocycles. The normalized spacial score (nSPS) is 19.9. The molecule has 1 saturated heterocycles. The Morgan fingerprint density at radius 2 is 2.22 bits per heavy atom. The predicted octanol–water partition coefficient (Wildman–Crippen LogP) is 2.92. The molecule has 1 aromatic rings. The molecule has 1 fully saturated rings. The van der Waals surface area contributed by atoms with Crippen molar-refractivity contribution in [3.05, 3.63) is 28.2 Å². The third-order valence-corrected chi connectivity index (χ3v) is 3.86. The molecule has 1 aromatic carbocycles. The van der Waals surface area contributed by atoms with Crippen molar-refractivity contribution in [2.75, 3.05) is 18.1 Å². The fraction of sp³-hybridized carbons (Fsp3) is 0.500. The molecule has 0 bridgehead atoms. The standard InChI is InChI=1S/C14H18BrNO2/c1-9(2)12-6-11(15)3-4-13(12)16-7-10(8-17)5-14(16)18/h3-4,6,9-10,17H,5,7-8H2,1-2H3. The molecule has 1 amide bonds. The molecule has 2 rings (SSSR count). The minimum atomic E-state index is 0.0705. The Balaban J connectivity index is 2.36. The molecule has 0 spiro atoms. The maximum atomic E-state index is 12.0. The van der Waals surface area contributed by atoms with Gasteiger partial charge < -0.3 is 10.0 Å². The number of aliphatic hydroxyl groups excluding tert-OH is 1. The molecule has 3 nitrogen and oxygen atoms in total. The van der Waals surface area contributed by atoms with Gasteiger partial charge in [-0.05, 0) is 29.7 Å². The van der Waals surface area contributed by atoms with Gasteiger partial charge in [0.15, 0.2) is 0 Å². The van der Waals surface area contributed by atoms with Crippen molar-refractivity contribution in [2.24, 2.45) is 5.92 Å². The maximum absolute atomic E-state index is 12.0. The van der Waals surface area contributed by atoms with Gasteiger partial charge in [-0.25, -0.2) is 0 Å². The number of amides is 1. The minimum Gasteiger partial charge on any atom is -0.396 e. The summed E-state index contributed by atoms with van der Waals surface area (Å²) in [5, 5.41) is 9.18. The predicted molar refractivity (Wildman–Crippen MR) is 75.8 cm³/mol. The number of anilines is 1. The Hall–Kier alpha value is -0.870. The van der Waals surface area contributed by atoms with Crippen LogP contribution in [0.15, 0.2) is 22.7 Å². The first-order valence-electron chi connectivity index (χ1n) is 6.23. The van der Waals surface area contributed by atoms with Gasteiger partial charge in [-0.2, -0.15) is 0 Å². The summed E-state index contributed by atoms with van der Waals surface area (Å²) in [6, 6.07) is 6.01. The zero-order valence-electron chi connectivity index (χ0n) is 10.7. The molecule has 18 heavy (non-hydrogen) atoms. The number of hydrogen-bond acceptors (Lipinski definition) is 2. The number of halogens is 1. The molecular weight excluding hydrogens is 294 g/mol. The summed E-state index contributed by atoms with van der Waals surface area (Å²) in [6.07, 6.45) is 0.449. The van der Waals surface area contributed by atoms with E-state index < -0.39 is 0 Å². The number of carbonyl (C=O) groups excluding carboxylic acids is 1. The Labute approximate surface area is 116 Å². The largest absolute Gasteiger partial charge is 0.396 e. The second-order valence-electron chi connectivity index (χ2n) is 5.11. The molecule has 0 saturated carbocycles. The lowest BCUT2D eigenvalue weighted by Crippen LogP contribution is -2.26. The van der Waals surface area contributed by atoms with Crippen LogP contribution in [0.1, 0.15) is 31.7 Å². The average Bonchev–Trinajstić information content (AvgIpc) is 2.70. The van der Waals surface area contributed by atoms with E-state index in [1.54, 1.807) is 0 Å². The van der Waals surface area contributed by atoms with Crippen LogP contribution in [0.5, 0.6) is 0 Å². The summed E-state index contributed by atoms with van der Waals surface area (Å²) in [4.78, 5) is 13.8. The second kappa shape index (κ2) is 5.41. The van der Waals surface area contributed by atoms with Crippen molar-refractivity contribution in [3.63, 3.8) is 0 Å². The van der Waals surface area contributed by atoms with Crippen LogP contribution < -0.4 is 4.90 Å². The van der Waals surface area contributed by atoms with Crippen LogP contribution in [-0.2, 0) is 4.79 Å². The SMILES string of the molecule is CC(C)c1cc(Br)ccc1N1CC(CO)CC1=O. The van der Waals surface area contributed by atoms with Crippen LogP contribution >= 0.6 is 15.9 Å². The molecule has 1 atom stereocenters. The number of rotatable bonds is 3. The van der Waals surface area contributed by atoms with Gasteiger partial charge in [0.25, 0.3) is 0 Å². The summed E-state index contributed by atoms with van der Waals surface area (Å²) in [7, 11) is 0. The van der Waals surface area contributed by atoms with E-state index in [0.29, 0.717) is 18.9 Å². The lowest BCUT2D eigenvalue weighted by molar-refractivity contribution is -0.117. The first-order valence-corrected chi connectivity index (χ1v) is 7.03. The first kappa shape index (κ1) is 13.6. The van der Waals surface area contributed by atoms with Crippen LogP contribution in [0, 0.1) is 5.92 Å². The summed E-state index contributed by atoms with van der Waals surface area (Å²) < 4.78 is 1.03. The van der Waals surface area contributed by atoms with Crippen LogP contribution in [0.25, 0.3) is 0 Å². The van der Waals surface area contributed by atoms with Gasteiger partial charge in [-0.15, -0.1) is 0 Å². The Morgan fingerprint density at radius 1 is 1.50 bits per heavy atom. The van der Waals surface area contributed by atoms with Crippen LogP contribution in [0.3, 0.4) is 0 Å². The number of benzene rings is 1. The van der Waals surface area contributed by atoms with E-state index in [4.69, 9.17) is 0 Å². The highest BCUT2D eigenvalue weighted by Gasteiger charge is 2.31. The van der Waals surface area contributed by atoms with Crippen molar-refractivity contribution >= 4 is 27.5 Å². The smallest absolute Gasteiger partial charge is 0.227 e. The third kappa shape index (κ3) is 2.59. The fourth-order valence-corrected chi connectivity index (χ4v) is 2.75. The lowest BCUT2D eigenvalue weighted by atomic mass is 10.0. The molecule has 98 valence electrons. The van der Waals surface area contributed by atoms with Gasteiger partial charge in [-0.1, -0.05) is 29.8 Å². The molecule has 1 aliphatic rings. The highest BCUT2D eigenvalue weighted by Crippen LogP contribution is 2.33. The van der Waals surface area contributed by atoms with E-state index in [1.807, 2.05) is 17.0 Å². The molecule has 0 aliphatic carbocycles. The van der Waals surface area contributed by atoms with Gasteiger partial charge in [0.2, 0.25) is 5.91 Å². The minimum absolute atomic E-state index is 0.0705. The van der Waals surface area contributed by atoms with Crippen molar-refractivity contribution < 1.29 is 9.90 Å². The summed E-state index contributed by atoms with van der Waals surface area (Å²) in [5.41, 5.74) is 2.14. The second-order valence-corrected chi connectivity index (χ2v) is 6.03. The molecule has 0 aromatic heterocycles. The summed E-state index contributed by atoms with van der Waals surface area (Å²) in [6.45, 7) is 4.94. The molecule has 1 heterocycles. The first-order chi connectivity index (χ1) is 8.52. The molecule has 0 radical (unpaired) electrons. The van der Waals surface area contributed by atoms with Crippen LogP contribution in [0.2, 0.25) is 0 Å². The van der Waals surface area contributed by atoms with Crippen molar-refractivity contribution in [1.82, 2.24) is 0 Å². The van der Waals surface area contributed by atoms with Gasteiger partial charge >= 0.3 is 0 Å². The fourth-order valence-electron chi connectivity index (χ4n) is 2.37. The van der Waals surface area contributed by atoms with E-state index in [-0.39, 0.29) is 18.4 Å². The Morgan fingerprint density at radius 3 is 2.78 bits per heavy atom. The van der Waals surface area contributed by atoms with Crippen molar-refractivity contribution in [3.8, 4) is 0 Å². The van der Waals surface area contributed by atoms with Crippen molar-refractivity contribution in [2.45, 2.75) is 26.2 Å². The van der Waals surface area contributed by atoms with E-state index in [2.05, 4.69) is 35.8 Å². The van der Waals surface area contributed by atoms with E-state index in [9.17, 15) is 9.90 Å². The average molecular weight is 312 g/mol. The molecular formula is C14H18BrNO2. The number of nitrogens with zero attached hydrogens (tertiary/aromatic N) is 1. The van der Waals surface area contributed by atoms with Crippen LogP contribution in [-0.4, -0.2) is 24.2 Å². The third-order valence-electron chi connectivity index (χ3n) is 3.37. The Kier molecular flexibility index (Phi) is 4.07. The number of carbonyl (C=O) groups is 1. The molecule has 1 N–H and O–H groups in total. The van der Waals surface area contributed by atoms with E-state index in [0.717, 1.165) is 15.7 Å². The topological polar surface area (TPSA) is 40.5 Å². The zero-order chi connectivity index (χ0) is 13.3. The number of aliphatic hydroxyl groups is 1. The summed E-state index contributed by atoms with van der Waals surface area (Å²) >= 11 is 3.47. The molecule has 4 heteroatoms. The maximum Gasteiger partial charge on any atom is 0.227 e. The van der Waals surface area contributed by atoms with Gasteiger partial charge in [0.1, 0.15) is 0 Å². The van der Waals surface area contributed by atoms with E-state index >= 15 is 0 Å². The summed E-state index contributed by atoms with van der Waals surface area (Å²) in [5.74, 6) is 0.540. The van der Waals surface area contributed by atoms with Gasteiger partial charge in [0.05, 0.1) is 0 Å². The monoisotopic (exact) mass is 311 g/mol.